The minimum Gasteiger partial charge on any atom is -0.348 e. The largest absolute Gasteiger partial charge is 0.348 e. The number of hydrogen-bond donors (Lipinski definition) is 2. The molecule has 0 radical (unpaired) electrons. The maximum Gasteiger partial charge on any atom is 0.251 e. The number of rotatable bonds is 2. The number of carbonyl (C=O) groups is 2. The molecular weight excluding hydrogens is 204 g/mol. The number of fused-ring (bicyclic) bond motifs is 1. The van der Waals surface area contributed by atoms with Crippen molar-refractivity contribution in [2.75, 3.05) is 5.32 Å². The Labute approximate surface area is 94.0 Å². The van der Waals surface area contributed by atoms with Crippen LogP contribution in [-0.4, -0.2) is 11.8 Å². The molecule has 0 saturated carbocycles. The summed E-state index contributed by atoms with van der Waals surface area (Å²) < 4.78 is 0. The van der Waals surface area contributed by atoms with Crippen LogP contribution in [0.5, 0.6) is 0 Å². The van der Waals surface area contributed by atoms with Crippen LogP contribution in [0, 0.1) is 5.92 Å². The molecule has 1 aliphatic heterocycles. The minimum atomic E-state index is -0.0735. The van der Waals surface area contributed by atoms with Crippen molar-refractivity contribution < 1.29 is 9.59 Å². The maximum atomic E-state index is 11.5. The van der Waals surface area contributed by atoms with Gasteiger partial charge in [0.1, 0.15) is 0 Å². The number of nitrogens with one attached hydrogen (secondary N) is 2. The van der Waals surface area contributed by atoms with Gasteiger partial charge >= 0.3 is 0 Å². The molecule has 2 rings (SSSR count). The lowest BCUT2D eigenvalue weighted by molar-refractivity contribution is -0.118. The molecule has 0 unspecified atom stereocenters. The van der Waals surface area contributed by atoms with E-state index in [-0.39, 0.29) is 17.7 Å². The zero-order valence-electron chi connectivity index (χ0n) is 9.33. The molecule has 0 aliphatic carbocycles. The summed E-state index contributed by atoms with van der Waals surface area (Å²) in [5, 5.41) is 5.51. The first kappa shape index (κ1) is 10.7. The summed E-state index contributed by atoms with van der Waals surface area (Å²) in [6, 6.07) is 5.40. The molecule has 0 aromatic heterocycles. The molecule has 1 aliphatic rings. The van der Waals surface area contributed by atoms with E-state index in [0.717, 1.165) is 5.56 Å². The van der Waals surface area contributed by atoms with E-state index in [4.69, 9.17) is 0 Å². The van der Waals surface area contributed by atoms with Crippen molar-refractivity contribution in [1.29, 1.82) is 0 Å². The van der Waals surface area contributed by atoms with Crippen molar-refractivity contribution in [2.45, 2.75) is 20.4 Å². The summed E-state index contributed by atoms with van der Waals surface area (Å²) in [5.41, 5.74) is 2.31. The van der Waals surface area contributed by atoms with Gasteiger partial charge in [0.25, 0.3) is 5.91 Å². The maximum absolute atomic E-state index is 11.5. The second-order valence-electron chi connectivity index (χ2n) is 4.20. The number of anilines is 1. The van der Waals surface area contributed by atoms with Crippen LogP contribution in [0.15, 0.2) is 18.2 Å². The van der Waals surface area contributed by atoms with Crippen LogP contribution in [0.1, 0.15) is 29.8 Å². The van der Waals surface area contributed by atoms with Gasteiger partial charge in [-0.3, -0.25) is 9.59 Å². The Morgan fingerprint density at radius 3 is 2.88 bits per heavy atom. The first-order valence-electron chi connectivity index (χ1n) is 5.30. The Morgan fingerprint density at radius 2 is 2.19 bits per heavy atom. The third-order valence-corrected chi connectivity index (χ3v) is 2.59. The van der Waals surface area contributed by atoms with E-state index in [9.17, 15) is 9.59 Å². The summed E-state index contributed by atoms with van der Waals surface area (Å²) in [4.78, 5) is 22.9. The summed E-state index contributed by atoms with van der Waals surface area (Å²) >= 11 is 0. The fourth-order valence-electron chi connectivity index (χ4n) is 1.58. The highest BCUT2D eigenvalue weighted by molar-refractivity contribution is 6.00. The molecule has 0 saturated heterocycles. The first-order chi connectivity index (χ1) is 7.58. The van der Waals surface area contributed by atoms with Crippen LogP contribution >= 0.6 is 0 Å². The van der Waals surface area contributed by atoms with E-state index in [1.165, 1.54) is 0 Å². The molecule has 2 amide bonds. The SMILES string of the molecule is CC(C)C(=O)Nc1ccc2c(c1)C(=O)NC2. The van der Waals surface area contributed by atoms with Gasteiger partial charge in [-0.2, -0.15) is 0 Å². The fourth-order valence-corrected chi connectivity index (χ4v) is 1.58. The number of carbonyl (C=O) groups excluding carboxylic acids is 2. The molecule has 0 bridgehead atoms. The quantitative estimate of drug-likeness (QED) is 0.790. The third-order valence-electron chi connectivity index (χ3n) is 2.59. The second-order valence-corrected chi connectivity index (χ2v) is 4.20. The molecule has 4 heteroatoms. The van der Waals surface area contributed by atoms with Crippen molar-refractivity contribution in [1.82, 2.24) is 5.32 Å². The Hall–Kier alpha value is -1.84. The standard InChI is InChI=1S/C12H14N2O2/c1-7(2)11(15)14-9-4-3-8-6-13-12(16)10(8)5-9/h3-5,7H,6H2,1-2H3,(H,13,16)(H,14,15). The third kappa shape index (κ3) is 1.91. The monoisotopic (exact) mass is 218 g/mol. The van der Waals surface area contributed by atoms with Gasteiger partial charge in [-0.05, 0) is 17.7 Å². The molecule has 0 spiro atoms. The van der Waals surface area contributed by atoms with E-state index in [1.54, 1.807) is 6.07 Å². The van der Waals surface area contributed by atoms with Crippen LogP contribution in [0.25, 0.3) is 0 Å². The van der Waals surface area contributed by atoms with Crippen LogP contribution in [0.2, 0.25) is 0 Å². The lowest BCUT2D eigenvalue weighted by atomic mass is 10.1. The Kier molecular flexibility index (Phi) is 2.64. The summed E-state index contributed by atoms with van der Waals surface area (Å²) in [5.74, 6) is -0.184. The van der Waals surface area contributed by atoms with Gasteiger partial charge < -0.3 is 10.6 Å². The predicted molar refractivity (Wildman–Crippen MR) is 61.1 cm³/mol. The van der Waals surface area contributed by atoms with E-state index in [0.29, 0.717) is 17.8 Å². The van der Waals surface area contributed by atoms with Gasteiger partial charge in [0.2, 0.25) is 5.91 Å². The summed E-state index contributed by atoms with van der Waals surface area (Å²) in [6.07, 6.45) is 0. The highest BCUT2D eigenvalue weighted by atomic mass is 16.2. The minimum absolute atomic E-state index is 0.0432. The van der Waals surface area contributed by atoms with E-state index >= 15 is 0 Å². The summed E-state index contributed by atoms with van der Waals surface area (Å²) in [6.45, 7) is 4.23. The fraction of sp³-hybridized carbons (Fsp3) is 0.333. The molecule has 4 nitrogen and oxygen atoms in total. The van der Waals surface area contributed by atoms with Crippen LogP contribution in [0.4, 0.5) is 5.69 Å². The predicted octanol–water partition coefficient (Wildman–Crippen LogP) is 1.52. The van der Waals surface area contributed by atoms with E-state index in [1.807, 2.05) is 26.0 Å². The molecule has 1 aromatic rings. The van der Waals surface area contributed by atoms with Crippen LogP contribution in [-0.2, 0) is 11.3 Å². The van der Waals surface area contributed by atoms with Gasteiger partial charge in [-0.25, -0.2) is 0 Å². The summed E-state index contributed by atoms with van der Waals surface area (Å²) in [7, 11) is 0. The van der Waals surface area contributed by atoms with Crippen molar-refractivity contribution in [2.24, 2.45) is 5.92 Å². The molecule has 84 valence electrons. The Balaban J connectivity index is 2.22. The smallest absolute Gasteiger partial charge is 0.251 e. The van der Waals surface area contributed by atoms with E-state index < -0.39 is 0 Å². The zero-order chi connectivity index (χ0) is 11.7. The lowest BCUT2D eigenvalue weighted by Crippen LogP contribution is -2.18. The Morgan fingerprint density at radius 1 is 1.44 bits per heavy atom. The average molecular weight is 218 g/mol. The zero-order valence-corrected chi connectivity index (χ0v) is 9.33. The molecule has 1 aromatic carbocycles. The van der Waals surface area contributed by atoms with Gasteiger partial charge in [0.15, 0.2) is 0 Å². The molecule has 16 heavy (non-hydrogen) atoms. The van der Waals surface area contributed by atoms with Gasteiger partial charge in [0, 0.05) is 23.7 Å². The molecule has 0 atom stereocenters. The highest BCUT2D eigenvalue weighted by Crippen LogP contribution is 2.20. The molecule has 0 fully saturated rings. The van der Waals surface area contributed by atoms with Gasteiger partial charge in [-0.1, -0.05) is 19.9 Å². The number of amides is 2. The van der Waals surface area contributed by atoms with Crippen molar-refractivity contribution >= 4 is 17.5 Å². The second kappa shape index (κ2) is 3.96. The first-order valence-corrected chi connectivity index (χ1v) is 5.30. The normalized spacial score (nSPS) is 13.6. The van der Waals surface area contributed by atoms with Crippen molar-refractivity contribution in [3.63, 3.8) is 0 Å². The van der Waals surface area contributed by atoms with Gasteiger partial charge in [0.05, 0.1) is 0 Å². The molecule has 2 N–H and O–H groups in total. The highest BCUT2D eigenvalue weighted by Gasteiger charge is 2.19. The van der Waals surface area contributed by atoms with Crippen molar-refractivity contribution in [3.8, 4) is 0 Å². The van der Waals surface area contributed by atoms with Crippen LogP contribution in [0.3, 0.4) is 0 Å². The number of benzene rings is 1. The van der Waals surface area contributed by atoms with Crippen molar-refractivity contribution in [3.05, 3.63) is 29.3 Å². The molecular formula is C12H14N2O2. The lowest BCUT2D eigenvalue weighted by Gasteiger charge is -2.08. The Bertz CT molecular complexity index is 452. The van der Waals surface area contributed by atoms with Gasteiger partial charge in [-0.15, -0.1) is 0 Å². The molecule has 1 heterocycles. The average Bonchev–Trinajstić information content (AvgIpc) is 2.60. The van der Waals surface area contributed by atoms with E-state index in [2.05, 4.69) is 10.6 Å². The van der Waals surface area contributed by atoms with Crippen LogP contribution < -0.4 is 10.6 Å². The number of hydrogen-bond acceptors (Lipinski definition) is 2. The topological polar surface area (TPSA) is 58.2 Å².